The minimum Gasteiger partial charge on any atom is -0.496 e. The van der Waals surface area contributed by atoms with Gasteiger partial charge in [0.15, 0.2) is 11.5 Å². The monoisotopic (exact) mass is 438 g/mol. The van der Waals surface area contributed by atoms with E-state index in [9.17, 15) is 13.2 Å². The van der Waals surface area contributed by atoms with Crippen LogP contribution in [0.1, 0.15) is 5.56 Å². The van der Waals surface area contributed by atoms with Crippen LogP contribution >= 0.6 is 0 Å². The summed E-state index contributed by atoms with van der Waals surface area (Å²) in [5, 5.41) is 0.943. The Balaban J connectivity index is 2.34. The SMILES string of the molecule is COc1cc(OC)c(C=CS(=O)(=O)Nc2ccc(OC)c(OC(N)=O)c2)c(OC)c1. The van der Waals surface area contributed by atoms with E-state index >= 15 is 0 Å². The second kappa shape index (κ2) is 9.74. The van der Waals surface area contributed by atoms with Gasteiger partial charge in [0.2, 0.25) is 0 Å². The van der Waals surface area contributed by atoms with Crippen molar-refractivity contribution >= 4 is 27.9 Å². The van der Waals surface area contributed by atoms with E-state index in [2.05, 4.69) is 4.72 Å². The van der Waals surface area contributed by atoms with Gasteiger partial charge < -0.3 is 29.4 Å². The molecule has 0 aliphatic rings. The number of nitrogens with one attached hydrogen (secondary N) is 1. The molecule has 0 radical (unpaired) electrons. The highest BCUT2D eigenvalue weighted by atomic mass is 32.2. The highest BCUT2D eigenvalue weighted by molar-refractivity contribution is 7.95. The zero-order chi connectivity index (χ0) is 22.3. The van der Waals surface area contributed by atoms with Crippen LogP contribution in [0.3, 0.4) is 0 Å². The van der Waals surface area contributed by atoms with Crippen LogP contribution < -0.4 is 34.1 Å². The van der Waals surface area contributed by atoms with Crippen LogP contribution in [0.2, 0.25) is 0 Å². The van der Waals surface area contributed by atoms with Crippen LogP contribution in [0.15, 0.2) is 35.7 Å². The molecule has 0 aliphatic heterocycles. The number of amides is 1. The molecule has 0 heterocycles. The lowest BCUT2D eigenvalue weighted by Crippen LogP contribution is -2.17. The number of carbonyl (C=O) groups is 1. The molecular formula is C19H22N2O8S. The van der Waals surface area contributed by atoms with Crippen molar-refractivity contribution in [1.82, 2.24) is 0 Å². The number of rotatable bonds is 9. The zero-order valence-electron chi connectivity index (χ0n) is 16.8. The summed E-state index contributed by atoms with van der Waals surface area (Å²) < 4.78 is 53.0. The standard InChI is InChI=1S/C19H22N2O8S/c1-25-13-10-16(27-3)14(17(11-13)28-4)7-8-30(23,24)21-12-5-6-15(26-2)18(9-12)29-19(20)22/h5-11,21H,1-4H3,(H2,20,22). The number of hydrogen-bond acceptors (Lipinski definition) is 8. The first-order valence-electron chi connectivity index (χ1n) is 8.39. The van der Waals surface area contributed by atoms with Gasteiger partial charge in [-0.05, 0) is 18.2 Å². The molecule has 162 valence electrons. The van der Waals surface area contributed by atoms with Crippen molar-refractivity contribution < 1.29 is 36.9 Å². The number of benzene rings is 2. The summed E-state index contributed by atoms with van der Waals surface area (Å²) in [5.41, 5.74) is 5.55. The smallest absolute Gasteiger partial charge is 0.410 e. The number of hydrogen-bond donors (Lipinski definition) is 2. The third-order valence-electron chi connectivity index (χ3n) is 3.80. The third kappa shape index (κ3) is 5.70. The number of ether oxygens (including phenoxy) is 5. The van der Waals surface area contributed by atoms with Crippen LogP contribution in [-0.4, -0.2) is 43.0 Å². The Kier molecular flexibility index (Phi) is 7.37. The van der Waals surface area contributed by atoms with E-state index in [1.807, 2.05) is 0 Å². The molecular weight excluding hydrogens is 416 g/mol. The van der Waals surface area contributed by atoms with Crippen molar-refractivity contribution in [2.45, 2.75) is 0 Å². The number of carbonyl (C=O) groups excluding carboxylic acids is 1. The molecule has 2 aromatic carbocycles. The predicted octanol–water partition coefficient (Wildman–Crippen LogP) is 2.59. The Morgan fingerprint density at radius 2 is 1.50 bits per heavy atom. The number of methoxy groups -OCH3 is 4. The minimum atomic E-state index is -3.95. The molecule has 10 nitrogen and oxygen atoms in total. The fourth-order valence-electron chi connectivity index (χ4n) is 2.48. The molecule has 0 fully saturated rings. The van der Waals surface area contributed by atoms with Gasteiger partial charge in [-0.15, -0.1) is 0 Å². The Morgan fingerprint density at radius 1 is 0.900 bits per heavy atom. The summed E-state index contributed by atoms with van der Waals surface area (Å²) in [5.74, 6) is 1.38. The summed E-state index contributed by atoms with van der Waals surface area (Å²) in [6.45, 7) is 0. The van der Waals surface area contributed by atoms with Gasteiger partial charge >= 0.3 is 6.09 Å². The lowest BCUT2D eigenvalue weighted by Gasteiger charge is -2.13. The third-order valence-corrected chi connectivity index (χ3v) is 4.82. The van der Waals surface area contributed by atoms with E-state index in [0.29, 0.717) is 22.8 Å². The van der Waals surface area contributed by atoms with Crippen molar-refractivity contribution in [3.8, 4) is 28.7 Å². The number of anilines is 1. The Hall–Kier alpha value is -3.60. The Morgan fingerprint density at radius 3 is 2.00 bits per heavy atom. The molecule has 11 heteroatoms. The first-order valence-corrected chi connectivity index (χ1v) is 9.93. The van der Waals surface area contributed by atoms with E-state index in [1.54, 1.807) is 12.1 Å². The molecule has 0 saturated heterocycles. The molecule has 0 unspecified atom stereocenters. The second-order valence-electron chi connectivity index (χ2n) is 5.68. The van der Waals surface area contributed by atoms with Gasteiger partial charge in [0.25, 0.3) is 10.0 Å². The lowest BCUT2D eigenvalue weighted by molar-refractivity contribution is 0.208. The first kappa shape index (κ1) is 22.7. The summed E-state index contributed by atoms with van der Waals surface area (Å²) in [6.07, 6.45) is 0.260. The fraction of sp³-hybridized carbons (Fsp3) is 0.211. The van der Waals surface area contributed by atoms with Crippen molar-refractivity contribution in [2.75, 3.05) is 33.2 Å². The maximum Gasteiger partial charge on any atom is 0.410 e. The quantitative estimate of drug-likeness (QED) is 0.610. The average Bonchev–Trinajstić information content (AvgIpc) is 2.71. The van der Waals surface area contributed by atoms with Crippen LogP contribution in [0.5, 0.6) is 28.7 Å². The van der Waals surface area contributed by atoms with E-state index in [4.69, 9.17) is 29.4 Å². The summed E-state index contributed by atoms with van der Waals surface area (Å²) >= 11 is 0. The molecule has 0 aliphatic carbocycles. The van der Waals surface area contributed by atoms with Crippen LogP contribution in [0, 0.1) is 0 Å². The van der Waals surface area contributed by atoms with E-state index in [0.717, 1.165) is 5.41 Å². The molecule has 2 aromatic rings. The number of primary amides is 1. The first-order chi connectivity index (χ1) is 14.2. The molecule has 30 heavy (non-hydrogen) atoms. The second-order valence-corrected chi connectivity index (χ2v) is 7.25. The van der Waals surface area contributed by atoms with Crippen molar-refractivity contribution in [2.24, 2.45) is 5.73 Å². The maximum absolute atomic E-state index is 12.5. The summed E-state index contributed by atoms with van der Waals surface area (Å²) in [4.78, 5) is 11.0. The van der Waals surface area contributed by atoms with Gasteiger partial charge in [-0.3, -0.25) is 4.72 Å². The topological polar surface area (TPSA) is 135 Å². The largest absolute Gasteiger partial charge is 0.496 e. The number of sulfonamides is 1. The summed E-state index contributed by atoms with van der Waals surface area (Å²) in [6, 6.07) is 7.32. The molecule has 0 saturated carbocycles. The van der Waals surface area contributed by atoms with E-state index in [-0.39, 0.29) is 17.2 Å². The molecule has 0 spiro atoms. The fourth-order valence-corrected chi connectivity index (χ4v) is 3.32. The maximum atomic E-state index is 12.5. The molecule has 3 N–H and O–H groups in total. The van der Waals surface area contributed by atoms with Crippen LogP contribution in [0.4, 0.5) is 10.5 Å². The van der Waals surface area contributed by atoms with E-state index < -0.39 is 16.1 Å². The van der Waals surface area contributed by atoms with Gasteiger partial charge in [0, 0.05) is 18.2 Å². The predicted molar refractivity (Wildman–Crippen MR) is 111 cm³/mol. The van der Waals surface area contributed by atoms with Crippen molar-refractivity contribution in [3.05, 3.63) is 41.3 Å². The minimum absolute atomic E-state index is 0.0346. The average molecular weight is 438 g/mol. The van der Waals surface area contributed by atoms with Crippen LogP contribution in [0.25, 0.3) is 6.08 Å². The van der Waals surface area contributed by atoms with Crippen molar-refractivity contribution in [1.29, 1.82) is 0 Å². The molecule has 0 atom stereocenters. The van der Waals surface area contributed by atoms with Gasteiger partial charge in [-0.2, -0.15) is 0 Å². The highest BCUT2D eigenvalue weighted by Crippen LogP contribution is 2.35. The zero-order valence-corrected chi connectivity index (χ0v) is 17.6. The summed E-state index contributed by atoms with van der Waals surface area (Å²) in [7, 11) is 1.79. The molecule has 1 amide bonds. The number of nitrogens with two attached hydrogens (primary N) is 1. The molecule has 0 aromatic heterocycles. The van der Waals surface area contributed by atoms with Gasteiger partial charge in [0.05, 0.1) is 45.1 Å². The normalized spacial score (nSPS) is 11.1. The van der Waals surface area contributed by atoms with Gasteiger partial charge in [0.1, 0.15) is 17.2 Å². The van der Waals surface area contributed by atoms with Gasteiger partial charge in [-0.25, -0.2) is 13.2 Å². The highest BCUT2D eigenvalue weighted by Gasteiger charge is 2.15. The lowest BCUT2D eigenvalue weighted by atomic mass is 10.1. The molecule has 2 rings (SSSR count). The van der Waals surface area contributed by atoms with Crippen molar-refractivity contribution in [3.63, 3.8) is 0 Å². The Bertz CT molecular complexity index is 1030. The van der Waals surface area contributed by atoms with Gasteiger partial charge in [-0.1, -0.05) is 0 Å². The molecule has 0 bridgehead atoms. The Labute approximate surface area is 174 Å². The van der Waals surface area contributed by atoms with E-state index in [1.165, 1.54) is 52.7 Å². The van der Waals surface area contributed by atoms with Crippen LogP contribution in [-0.2, 0) is 10.0 Å².